The first-order chi connectivity index (χ1) is 16.3. The molecule has 1 aliphatic heterocycles. The number of aryl methyl sites for hydroxylation is 2. The number of hydrogen-bond acceptors (Lipinski definition) is 6. The van der Waals surface area contributed by atoms with E-state index in [9.17, 15) is 9.36 Å². The smallest absolute Gasteiger partial charge is 0.398 e. The molecule has 1 aliphatic rings. The summed E-state index contributed by atoms with van der Waals surface area (Å²) < 4.78 is 15.4. The topological polar surface area (TPSA) is 135 Å². The third kappa shape index (κ3) is 8.57. The standard InChI is InChI=1S/C24H32N3O6P/c25-23-16-22(24(28)27-14-12-20(17-27)18-33-34(29,30)31)11-10-21(23)9-4-13-26-32-15-5-8-19-6-2-1-3-7-19/h1-3,6-7,10-11,13,16,20H,4-5,8-9,12,14-15,17-18,25H2,(H2,29,30,31)/b26-13+. The molecular formula is C24H32N3O6P. The molecule has 9 nitrogen and oxygen atoms in total. The highest BCUT2D eigenvalue weighted by atomic mass is 31.2. The Kier molecular flexibility index (Phi) is 9.65. The third-order valence-corrected chi connectivity index (χ3v) is 6.17. The van der Waals surface area contributed by atoms with Crippen molar-refractivity contribution in [2.75, 3.05) is 32.0 Å². The maximum Gasteiger partial charge on any atom is 0.469 e. The van der Waals surface area contributed by atoms with E-state index in [1.165, 1.54) is 5.56 Å². The summed E-state index contributed by atoms with van der Waals surface area (Å²) >= 11 is 0. The summed E-state index contributed by atoms with van der Waals surface area (Å²) in [4.78, 5) is 37.4. The van der Waals surface area contributed by atoms with Crippen LogP contribution in [0.3, 0.4) is 0 Å². The molecule has 34 heavy (non-hydrogen) atoms. The average molecular weight is 490 g/mol. The summed E-state index contributed by atoms with van der Waals surface area (Å²) in [5, 5.41) is 4.00. The van der Waals surface area contributed by atoms with Gasteiger partial charge in [0.1, 0.15) is 6.61 Å². The van der Waals surface area contributed by atoms with Crippen LogP contribution in [0.1, 0.15) is 40.7 Å². The molecule has 1 atom stereocenters. The van der Waals surface area contributed by atoms with Crippen LogP contribution in [0.2, 0.25) is 0 Å². The molecule has 0 aliphatic carbocycles. The van der Waals surface area contributed by atoms with E-state index in [0.29, 0.717) is 50.2 Å². The number of hydrogen-bond donors (Lipinski definition) is 3. The minimum atomic E-state index is -4.50. The maximum atomic E-state index is 12.8. The SMILES string of the molecule is Nc1cc(C(=O)N2CCC(COP(=O)(O)O)C2)ccc1CC/C=N/OCCCc1ccccc1. The summed E-state index contributed by atoms with van der Waals surface area (Å²) in [5.41, 5.74) is 9.42. The fraction of sp³-hybridized carbons (Fsp3) is 0.417. The molecule has 1 heterocycles. The second kappa shape index (κ2) is 12.7. The average Bonchev–Trinajstić information content (AvgIpc) is 3.29. The Morgan fingerprint density at radius 3 is 2.74 bits per heavy atom. The minimum Gasteiger partial charge on any atom is -0.398 e. The van der Waals surface area contributed by atoms with E-state index in [-0.39, 0.29) is 18.4 Å². The fourth-order valence-corrected chi connectivity index (χ4v) is 4.26. The van der Waals surface area contributed by atoms with Crippen LogP contribution >= 0.6 is 7.82 Å². The zero-order chi connectivity index (χ0) is 24.4. The number of nitrogens with zero attached hydrogens (tertiary/aromatic N) is 2. The highest BCUT2D eigenvalue weighted by Crippen LogP contribution is 2.37. The molecule has 1 amide bonds. The number of phosphoric acid groups is 1. The van der Waals surface area contributed by atoms with Crippen LogP contribution in [-0.2, 0) is 26.8 Å². The van der Waals surface area contributed by atoms with Crippen LogP contribution < -0.4 is 5.73 Å². The highest BCUT2D eigenvalue weighted by molar-refractivity contribution is 7.46. The van der Waals surface area contributed by atoms with E-state index in [2.05, 4.69) is 21.8 Å². The number of nitrogens with two attached hydrogens (primary N) is 1. The molecule has 0 saturated carbocycles. The number of benzene rings is 2. The Morgan fingerprint density at radius 1 is 1.21 bits per heavy atom. The molecule has 1 saturated heterocycles. The molecular weight excluding hydrogens is 457 g/mol. The lowest BCUT2D eigenvalue weighted by Gasteiger charge is -2.17. The lowest BCUT2D eigenvalue weighted by molar-refractivity contribution is 0.0781. The molecule has 2 aromatic rings. The molecule has 0 aromatic heterocycles. The second-order valence-electron chi connectivity index (χ2n) is 8.35. The summed E-state index contributed by atoms with van der Waals surface area (Å²) in [6.45, 7) is 1.39. The first-order valence-corrected chi connectivity index (χ1v) is 12.9. The van der Waals surface area contributed by atoms with Crippen molar-refractivity contribution in [2.24, 2.45) is 11.1 Å². The number of likely N-dealkylation sites (tertiary alicyclic amines) is 1. The Morgan fingerprint density at radius 2 is 2.00 bits per heavy atom. The largest absolute Gasteiger partial charge is 0.469 e. The van der Waals surface area contributed by atoms with Crippen molar-refractivity contribution in [2.45, 2.75) is 32.1 Å². The molecule has 1 fully saturated rings. The second-order valence-corrected chi connectivity index (χ2v) is 9.59. The lowest BCUT2D eigenvalue weighted by atomic mass is 10.0. The molecule has 184 valence electrons. The van der Waals surface area contributed by atoms with Gasteiger partial charge in [-0.15, -0.1) is 0 Å². The Balaban J connectivity index is 1.37. The van der Waals surface area contributed by atoms with Crippen LogP contribution in [-0.4, -0.2) is 53.1 Å². The number of oxime groups is 1. The van der Waals surface area contributed by atoms with Crippen molar-refractivity contribution >= 4 is 25.6 Å². The summed E-state index contributed by atoms with van der Waals surface area (Å²) in [7, 11) is -4.50. The fourth-order valence-electron chi connectivity index (χ4n) is 3.86. The van der Waals surface area contributed by atoms with Crippen LogP contribution in [0.4, 0.5) is 5.69 Å². The van der Waals surface area contributed by atoms with E-state index >= 15 is 0 Å². The first kappa shape index (κ1) is 25.9. The summed E-state index contributed by atoms with van der Waals surface area (Å²) in [6.07, 6.45) is 5.57. The molecule has 3 rings (SSSR count). The maximum absolute atomic E-state index is 12.8. The van der Waals surface area contributed by atoms with Gasteiger partial charge in [0.15, 0.2) is 0 Å². The van der Waals surface area contributed by atoms with Gasteiger partial charge < -0.3 is 25.3 Å². The van der Waals surface area contributed by atoms with Crippen molar-refractivity contribution in [1.82, 2.24) is 4.90 Å². The quantitative estimate of drug-likeness (QED) is 0.137. The Labute approximate surface area is 199 Å². The number of amides is 1. The van der Waals surface area contributed by atoms with Crippen molar-refractivity contribution in [3.8, 4) is 0 Å². The molecule has 10 heteroatoms. The lowest BCUT2D eigenvalue weighted by Crippen LogP contribution is -2.29. The van der Waals surface area contributed by atoms with Crippen molar-refractivity contribution < 1.29 is 28.5 Å². The van der Waals surface area contributed by atoms with Gasteiger partial charge in [-0.1, -0.05) is 41.6 Å². The van der Waals surface area contributed by atoms with Gasteiger partial charge in [0, 0.05) is 36.5 Å². The number of nitrogen functional groups attached to an aromatic ring is 1. The van der Waals surface area contributed by atoms with Gasteiger partial charge in [0.25, 0.3) is 5.91 Å². The van der Waals surface area contributed by atoms with Gasteiger partial charge in [0.2, 0.25) is 0 Å². The Hall–Kier alpha value is -2.71. The molecule has 0 radical (unpaired) electrons. The van der Waals surface area contributed by atoms with E-state index in [1.807, 2.05) is 24.3 Å². The van der Waals surface area contributed by atoms with Gasteiger partial charge in [0.05, 0.1) is 6.61 Å². The van der Waals surface area contributed by atoms with E-state index in [4.69, 9.17) is 20.4 Å². The van der Waals surface area contributed by atoms with Gasteiger partial charge in [-0.25, -0.2) is 4.57 Å². The van der Waals surface area contributed by atoms with E-state index in [0.717, 1.165) is 18.4 Å². The molecule has 0 bridgehead atoms. The number of rotatable bonds is 12. The van der Waals surface area contributed by atoms with Crippen molar-refractivity contribution in [3.63, 3.8) is 0 Å². The van der Waals surface area contributed by atoms with Gasteiger partial charge >= 0.3 is 7.82 Å². The number of anilines is 1. The van der Waals surface area contributed by atoms with Crippen LogP contribution in [0.5, 0.6) is 0 Å². The van der Waals surface area contributed by atoms with Crippen molar-refractivity contribution in [1.29, 1.82) is 0 Å². The van der Waals surface area contributed by atoms with Crippen LogP contribution in [0.25, 0.3) is 0 Å². The predicted octanol–water partition coefficient (Wildman–Crippen LogP) is 3.41. The monoisotopic (exact) mass is 489 g/mol. The zero-order valence-electron chi connectivity index (χ0n) is 19.1. The predicted molar refractivity (Wildman–Crippen MR) is 130 cm³/mol. The van der Waals surface area contributed by atoms with Crippen LogP contribution in [0.15, 0.2) is 53.7 Å². The van der Waals surface area contributed by atoms with Gasteiger partial charge in [-0.3, -0.25) is 9.32 Å². The third-order valence-electron chi connectivity index (χ3n) is 5.68. The van der Waals surface area contributed by atoms with Crippen molar-refractivity contribution in [3.05, 3.63) is 65.2 Å². The zero-order valence-corrected chi connectivity index (χ0v) is 20.0. The highest BCUT2D eigenvalue weighted by Gasteiger charge is 2.29. The number of phosphoric ester groups is 1. The minimum absolute atomic E-state index is 0.0760. The number of carbonyl (C=O) groups is 1. The van der Waals surface area contributed by atoms with E-state index in [1.54, 1.807) is 23.2 Å². The summed E-state index contributed by atoms with van der Waals surface area (Å²) in [6, 6.07) is 15.5. The van der Waals surface area contributed by atoms with Gasteiger partial charge in [-0.2, -0.15) is 0 Å². The Bertz CT molecular complexity index is 1010. The molecule has 4 N–H and O–H groups in total. The number of carbonyl (C=O) groups excluding carboxylic acids is 1. The molecule has 1 unspecified atom stereocenters. The summed E-state index contributed by atoms with van der Waals surface area (Å²) in [5.74, 6) is -0.254. The van der Waals surface area contributed by atoms with E-state index < -0.39 is 7.82 Å². The van der Waals surface area contributed by atoms with Crippen LogP contribution in [0, 0.1) is 5.92 Å². The normalized spacial score (nSPS) is 16.3. The molecule has 2 aromatic carbocycles. The first-order valence-electron chi connectivity index (χ1n) is 11.4. The van der Waals surface area contributed by atoms with Gasteiger partial charge in [-0.05, 0) is 55.4 Å². The molecule has 0 spiro atoms.